The fraction of sp³-hybridized carbons (Fsp3) is 0.452. The van der Waals surface area contributed by atoms with Crippen LogP contribution < -0.4 is 10.1 Å². The Bertz CT molecular complexity index is 1460. The molecule has 1 aliphatic carbocycles. The first kappa shape index (κ1) is 27.0. The highest BCUT2D eigenvalue weighted by atomic mass is 16.5. The van der Waals surface area contributed by atoms with E-state index in [1.54, 1.807) is 12.1 Å². The second-order valence-electron chi connectivity index (χ2n) is 11.8. The molecular weight excluding hydrogens is 522 g/mol. The summed E-state index contributed by atoms with van der Waals surface area (Å²) in [6, 6.07) is 12.7. The van der Waals surface area contributed by atoms with Gasteiger partial charge in [0.05, 0.1) is 6.04 Å². The number of nitrogens with one attached hydrogen (secondary N) is 1. The van der Waals surface area contributed by atoms with Crippen LogP contribution in [0.25, 0.3) is 11.5 Å². The molecule has 3 fully saturated rings. The molecule has 2 saturated heterocycles. The van der Waals surface area contributed by atoms with Gasteiger partial charge in [-0.15, -0.1) is 0 Å². The number of hydrogen-bond donors (Lipinski definition) is 1. The van der Waals surface area contributed by atoms with E-state index in [9.17, 15) is 14.4 Å². The molecule has 3 aromatic rings. The fourth-order valence-electron chi connectivity index (χ4n) is 5.46. The second-order valence-corrected chi connectivity index (χ2v) is 11.8. The van der Waals surface area contributed by atoms with E-state index in [4.69, 9.17) is 9.26 Å². The van der Waals surface area contributed by atoms with Crippen LogP contribution in [0.15, 0.2) is 47.0 Å². The van der Waals surface area contributed by atoms with Crippen LogP contribution in [0.2, 0.25) is 0 Å². The number of carbonyl (C=O) groups is 3. The fourth-order valence-corrected chi connectivity index (χ4v) is 5.46. The first-order valence-electron chi connectivity index (χ1n) is 14.4. The van der Waals surface area contributed by atoms with Gasteiger partial charge in [0.25, 0.3) is 11.8 Å². The monoisotopic (exact) mass is 557 g/mol. The zero-order valence-electron chi connectivity index (χ0n) is 23.6. The average molecular weight is 558 g/mol. The van der Waals surface area contributed by atoms with Crippen molar-refractivity contribution in [2.75, 3.05) is 13.1 Å². The minimum atomic E-state index is -0.254. The quantitative estimate of drug-likeness (QED) is 0.411. The van der Waals surface area contributed by atoms with E-state index in [2.05, 4.69) is 22.4 Å². The lowest BCUT2D eigenvalue weighted by Crippen LogP contribution is -2.37. The normalized spacial score (nSPS) is 20.8. The average Bonchev–Trinajstić information content (AvgIpc) is 3.39. The largest absolute Gasteiger partial charge is 0.457 e. The lowest BCUT2D eigenvalue weighted by atomic mass is 10.1. The summed E-state index contributed by atoms with van der Waals surface area (Å²) in [6.45, 7) is 7.71. The van der Waals surface area contributed by atoms with Crippen LogP contribution in [-0.4, -0.2) is 62.8 Å². The molecule has 1 aromatic heterocycles. The van der Waals surface area contributed by atoms with Crippen molar-refractivity contribution in [3.8, 4) is 23.0 Å². The molecule has 10 nitrogen and oxygen atoms in total. The van der Waals surface area contributed by atoms with Crippen LogP contribution in [0.4, 0.5) is 0 Å². The van der Waals surface area contributed by atoms with Crippen LogP contribution in [0.5, 0.6) is 11.5 Å². The molecule has 6 rings (SSSR count). The third-order valence-electron chi connectivity index (χ3n) is 7.87. The molecule has 0 spiro atoms. The Morgan fingerprint density at radius 1 is 1.07 bits per heavy atom. The Morgan fingerprint density at radius 3 is 2.51 bits per heavy atom. The van der Waals surface area contributed by atoms with Gasteiger partial charge in [0, 0.05) is 61.1 Å². The lowest BCUT2D eigenvalue weighted by molar-refractivity contribution is -0.129. The van der Waals surface area contributed by atoms with Crippen molar-refractivity contribution < 1.29 is 23.6 Å². The molecule has 3 aliphatic rings. The second kappa shape index (κ2) is 11.0. The number of ether oxygens (including phenoxy) is 1. The van der Waals surface area contributed by atoms with Crippen molar-refractivity contribution in [3.63, 3.8) is 0 Å². The van der Waals surface area contributed by atoms with Crippen LogP contribution in [0.3, 0.4) is 0 Å². The minimum Gasteiger partial charge on any atom is -0.457 e. The molecular formula is C31H35N5O5. The molecule has 1 saturated carbocycles. The Labute approximate surface area is 239 Å². The highest BCUT2D eigenvalue weighted by molar-refractivity contribution is 5.95. The summed E-state index contributed by atoms with van der Waals surface area (Å²) in [5.74, 6) is 2.57. The maximum absolute atomic E-state index is 13.2. The van der Waals surface area contributed by atoms with E-state index in [0.717, 1.165) is 24.0 Å². The molecule has 2 atom stereocenters. The Balaban J connectivity index is 1.21. The van der Waals surface area contributed by atoms with E-state index < -0.39 is 0 Å². The summed E-state index contributed by atoms with van der Waals surface area (Å²) in [7, 11) is 0. The third kappa shape index (κ3) is 5.96. The number of likely N-dealkylation sites (tertiary alicyclic amines) is 2. The first-order valence-corrected chi connectivity index (χ1v) is 14.4. The van der Waals surface area contributed by atoms with E-state index >= 15 is 0 Å². The zero-order valence-corrected chi connectivity index (χ0v) is 23.6. The summed E-state index contributed by atoms with van der Waals surface area (Å²) in [5, 5.41) is 7.05. The first-order chi connectivity index (χ1) is 19.7. The molecule has 214 valence electrons. The van der Waals surface area contributed by atoms with Crippen LogP contribution in [-0.2, 0) is 16.1 Å². The molecule has 0 radical (unpaired) electrons. The number of rotatable bonds is 9. The third-order valence-corrected chi connectivity index (χ3v) is 7.87. The molecule has 0 bridgehead atoms. The number of benzene rings is 2. The number of carbonyl (C=O) groups excluding carboxylic acids is 3. The van der Waals surface area contributed by atoms with Crippen LogP contribution >= 0.6 is 0 Å². The molecule has 41 heavy (non-hydrogen) atoms. The molecule has 0 unspecified atom stereocenters. The van der Waals surface area contributed by atoms with E-state index in [1.807, 2.05) is 54.0 Å². The molecule has 2 aliphatic heterocycles. The van der Waals surface area contributed by atoms with E-state index in [0.29, 0.717) is 73.2 Å². The number of aromatic nitrogens is 2. The summed E-state index contributed by atoms with van der Waals surface area (Å²) in [6.07, 6.45) is 2.94. The maximum atomic E-state index is 13.2. The van der Waals surface area contributed by atoms with Crippen molar-refractivity contribution in [2.45, 2.75) is 71.0 Å². The molecule has 3 heterocycles. The summed E-state index contributed by atoms with van der Waals surface area (Å²) < 4.78 is 11.7. The minimum absolute atomic E-state index is 0.103. The highest BCUT2D eigenvalue weighted by Gasteiger charge is 2.39. The van der Waals surface area contributed by atoms with Gasteiger partial charge in [0.2, 0.25) is 11.8 Å². The van der Waals surface area contributed by atoms with Crippen molar-refractivity contribution in [2.24, 2.45) is 5.92 Å². The van der Waals surface area contributed by atoms with Crippen molar-refractivity contribution in [1.29, 1.82) is 0 Å². The molecule has 3 amide bonds. The smallest absolute Gasteiger partial charge is 0.257 e. The highest BCUT2D eigenvalue weighted by Crippen LogP contribution is 2.33. The van der Waals surface area contributed by atoms with E-state index in [-0.39, 0.29) is 29.7 Å². The van der Waals surface area contributed by atoms with Gasteiger partial charge in [-0.05, 0) is 55.2 Å². The molecule has 2 aromatic carbocycles. The van der Waals surface area contributed by atoms with Gasteiger partial charge in [-0.3, -0.25) is 14.4 Å². The number of nitrogens with zero attached hydrogens (tertiary/aromatic N) is 4. The lowest BCUT2D eigenvalue weighted by Gasteiger charge is -2.20. The van der Waals surface area contributed by atoms with Crippen LogP contribution in [0.1, 0.15) is 74.1 Å². The zero-order chi connectivity index (χ0) is 28.7. The maximum Gasteiger partial charge on any atom is 0.257 e. The van der Waals surface area contributed by atoms with E-state index in [1.165, 1.54) is 0 Å². The summed E-state index contributed by atoms with van der Waals surface area (Å²) in [4.78, 5) is 46.3. The van der Waals surface area contributed by atoms with Crippen molar-refractivity contribution in [1.82, 2.24) is 25.3 Å². The Morgan fingerprint density at radius 2 is 1.85 bits per heavy atom. The predicted molar refractivity (Wildman–Crippen MR) is 150 cm³/mol. The topological polar surface area (TPSA) is 118 Å². The van der Waals surface area contributed by atoms with Gasteiger partial charge >= 0.3 is 0 Å². The van der Waals surface area contributed by atoms with Gasteiger partial charge in [-0.1, -0.05) is 32.0 Å². The summed E-state index contributed by atoms with van der Waals surface area (Å²) in [5.41, 5.74) is 2.02. The number of amides is 3. The Hall–Kier alpha value is -4.21. The van der Waals surface area contributed by atoms with Gasteiger partial charge in [0.1, 0.15) is 11.5 Å². The summed E-state index contributed by atoms with van der Waals surface area (Å²) >= 11 is 0. The standard InChI is InChI=1S/C31H35N5O5/c1-18(2)29-33-31(41-34-29)20-6-10-25(11-7-20)40-26-13-21(4-5-22(26)16-35-15-19(3)12-27(35)37)30(39)32-23-14-28(38)36(17-23)24-8-9-24/h4-7,10-11,13,18-19,23-24H,8-9,12,14-17H2,1-3H3,(H,32,39)/t19-,23-/m0/s1. The predicted octanol–water partition coefficient (Wildman–Crippen LogP) is 4.51. The molecule has 10 heteroatoms. The SMILES string of the molecule is CC(C)c1noc(-c2ccc(Oc3cc(C(=O)N[C@H]4CC(=O)N(C5CC5)C4)ccc3CN3C[C@@H](C)CC3=O)cc2)n1. The Kier molecular flexibility index (Phi) is 7.23. The van der Waals surface area contributed by atoms with Gasteiger partial charge in [0.15, 0.2) is 5.82 Å². The van der Waals surface area contributed by atoms with Gasteiger partial charge in [-0.25, -0.2) is 0 Å². The molecule has 1 N–H and O–H groups in total. The number of hydrogen-bond acceptors (Lipinski definition) is 7. The van der Waals surface area contributed by atoms with Crippen molar-refractivity contribution >= 4 is 17.7 Å². The van der Waals surface area contributed by atoms with Crippen LogP contribution in [0, 0.1) is 5.92 Å². The van der Waals surface area contributed by atoms with Gasteiger partial charge < -0.3 is 24.4 Å². The van der Waals surface area contributed by atoms with Gasteiger partial charge in [-0.2, -0.15) is 4.98 Å². The van der Waals surface area contributed by atoms with Crippen molar-refractivity contribution in [3.05, 3.63) is 59.4 Å².